The number of furan rings is 1. The van der Waals surface area contributed by atoms with Crippen molar-refractivity contribution in [1.29, 1.82) is 0 Å². The second-order valence-electron chi connectivity index (χ2n) is 10.1. The normalized spacial score (nSPS) is 37.1. The van der Waals surface area contributed by atoms with E-state index in [-0.39, 0.29) is 29.3 Å². The molecular weight excluding hydrogens is 388 g/mol. The van der Waals surface area contributed by atoms with E-state index in [0.29, 0.717) is 18.8 Å². The Morgan fingerprint density at radius 2 is 1.77 bits per heavy atom. The number of amides is 2. The molecule has 0 N–H and O–H groups in total. The number of carbonyl (C=O) groups excluding carboxylic acids is 2. The predicted octanol–water partition coefficient (Wildman–Crippen LogP) is 4.65. The summed E-state index contributed by atoms with van der Waals surface area (Å²) in [7, 11) is 0. The van der Waals surface area contributed by atoms with Gasteiger partial charge in [0, 0.05) is 37.8 Å². The van der Waals surface area contributed by atoms with E-state index in [2.05, 4.69) is 40.2 Å². The van der Waals surface area contributed by atoms with Gasteiger partial charge in [0.2, 0.25) is 11.8 Å². The Morgan fingerprint density at radius 1 is 0.968 bits per heavy atom. The fourth-order valence-corrected chi connectivity index (χ4v) is 7.05. The zero-order valence-corrected chi connectivity index (χ0v) is 18.2. The van der Waals surface area contributed by atoms with E-state index < -0.39 is 0 Å². The standard InChI is InChI=1S/C26H32N2O3/c29-22-11-7-3-1-2-6-10-19-15-20-21-13-14-27(22)17-26(21)16-18-9-5-4-8-12-23(30)28(18)25(26)24(20)31-19/h1-2,5,9,15,18,21,25H,3-4,6-8,10-14,16-17H2/b2-1-,9-5-/t18-,21-,25-,26-/m1/s1. The number of nitrogens with zero attached hydrogens (tertiary/aromatic N) is 2. The fraction of sp³-hybridized carbons (Fsp3) is 0.615. The predicted molar refractivity (Wildman–Crippen MR) is 117 cm³/mol. The molecule has 6 aliphatic rings. The second-order valence-corrected chi connectivity index (χ2v) is 10.1. The van der Waals surface area contributed by atoms with Gasteiger partial charge in [-0.05, 0) is 62.5 Å². The van der Waals surface area contributed by atoms with Crippen molar-refractivity contribution in [2.24, 2.45) is 5.41 Å². The molecule has 1 aromatic heterocycles. The summed E-state index contributed by atoms with van der Waals surface area (Å²) in [4.78, 5) is 30.7. The largest absolute Gasteiger partial charge is 0.464 e. The maximum Gasteiger partial charge on any atom is 0.223 e. The Labute approximate surface area is 184 Å². The first-order chi connectivity index (χ1) is 15.2. The van der Waals surface area contributed by atoms with Crippen LogP contribution in [-0.2, 0) is 16.0 Å². The molecule has 7 rings (SSSR count). The molecule has 0 radical (unpaired) electrons. The van der Waals surface area contributed by atoms with Crippen LogP contribution in [0.5, 0.6) is 0 Å². The first-order valence-electron chi connectivity index (χ1n) is 12.2. The number of hydrogen-bond acceptors (Lipinski definition) is 3. The molecule has 31 heavy (non-hydrogen) atoms. The van der Waals surface area contributed by atoms with Gasteiger partial charge in [-0.1, -0.05) is 24.3 Å². The van der Waals surface area contributed by atoms with Crippen LogP contribution < -0.4 is 0 Å². The molecular formula is C26H32N2O3. The van der Waals surface area contributed by atoms with Crippen LogP contribution in [0, 0.1) is 5.41 Å². The molecule has 1 aliphatic carbocycles. The van der Waals surface area contributed by atoms with Crippen LogP contribution in [0.4, 0.5) is 0 Å². The zero-order chi connectivity index (χ0) is 21.0. The minimum Gasteiger partial charge on any atom is -0.464 e. The molecule has 5 nitrogen and oxygen atoms in total. The first-order valence-corrected chi connectivity index (χ1v) is 12.2. The van der Waals surface area contributed by atoms with Crippen molar-refractivity contribution in [3.63, 3.8) is 0 Å². The maximum atomic E-state index is 13.3. The van der Waals surface area contributed by atoms with Crippen LogP contribution in [0.1, 0.15) is 86.8 Å². The van der Waals surface area contributed by atoms with Gasteiger partial charge in [0.25, 0.3) is 0 Å². The van der Waals surface area contributed by atoms with Crippen molar-refractivity contribution >= 4 is 11.8 Å². The highest BCUT2D eigenvalue weighted by Gasteiger charge is 2.65. The molecule has 1 aromatic rings. The molecule has 0 saturated carbocycles. The highest BCUT2D eigenvalue weighted by molar-refractivity contribution is 5.79. The first kappa shape index (κ1) is 19.4. The zero-order valence-electron chi connectivity index (χ0n) is 18.2. The third-order valence-corrected chi connectivity index (χ3v) is 8.35. The summed E-state index contributed by atoms with van der Waals surface area (Å²) < 4.78 is 6.53. The number of allylic oxidation sites excluding steroid dienone is 3. The molecule has 2 fully saturated rings. The van der Waals surface area contributed by atoms with Gasteiger partial charge in [-0.2, -0.15) is 0 Å². The summed E-state index contributed by atoms with van der Waals surface area (Å²) in [5.74, 6) is 2.99. The van der Waals surface area contributed by atoms with Crippen molar-refractivity contribution in [2.45, 2.75) is 82.2 Å². The van der Waals surface area contributed by atoms with Crippen molar-refractivity contribution < 1.29 is 14.0 Å². The molecule has 164 valence electrons. The third kappa shape index (κ3) is 2.95. The molecule has 5 heteroatoms. The molecule has 6 heterocycles. The molecule has 2 amide bonds. The lowest BCUT2D eigenvalue weighted by Crippen LogP contribution is -2.50. The van der Waals surface area contributed by atoms with E-state index in [4.69, 9.17) is 4.42 Å². The Kier molecular flexibility index (Phi) is 4.62. The van der Waals surface area contributed by atoms with E-state index in [9.17, 15) is 9.59 Å². The molecule has 0 unspecified atom stereocenters. The van der Waals surface area contributed by atoms with E-state index in [1.54, 1.807) is 0 Å². The lowest BCUT2D eigenvalue weighted by molar-refractivity contribution is -0.138. The Morgan fingerprint density at radius 3 is 2.68 bits per heavy atom. The van der Waals surface area contributed by atoms with Crippen molar-refractivity contribution in [3.8, 4) is 0 Å². The topological polar surface area (TPSA) is 53.8 Å². The highest BCUT2D eigenvalue weighted by Crippen LogP contribution is 2.67. The van der Waals surface area contributed by atoms with Crippen molar-refractivity contribution in [2.75, 3.05) is 13.1 Å². The van der Waals surface area contributed by atoms with Gasteiger partial charge in [0.1, 0.15) is 11.5 Å². The molecule has 5 aliphatic heterocycles. The summed E-state index contributed by atoms with van der Waals surface area (Å²) in [6, 6.07) is 2.38. The monoisotopic (exact) mass is 420 g/mol. The maximum absolute atomic E-state index is 13.3. The van der Waals surface area contributed by atoms with Gasteiger partial charge in [0.15, 0.2) is 0 Å². The minimum atomic E-state index is -0.103. The molecule has 1 spiro atoms. The van der Waals surface area contributed by atoms with Crippen LogP contribution in [0.2, 0.25) is 0 Å². The summed E-state index contributed by atoms with van der Waals surface area (Å²) in [6.45, 7) is 1.58. The smallest absolute Gasteiger partial charge is 0.223 e. The third-order valence-electron chi connectivity index (χ3n) is 8.35. The average molecular weight is 421 g/mol. The molecule has 0 aromatic carbocycles. The average Bonchev–Trinajstić information content (AvgIpc) is 3.35. The number of carbonyl (C=O) groups is 2. The highest BCUT2D eigenvalue weighted by atomic mass is 16.3. The Hall–Kier alpha value is -2.30. The van der Waals surface area contributed by atoms with Crippen LogP contribution in [-0.4, -0.2) is 40.7 Å². The molecule has 2 saturated heterocycles. The minimum absolute atomic E-state index is 0.0298. The van der Waals surface area contributed by atoms with Crippen molar-refractivity contribution in [1.82, 2.24) is 9.80 Å². The van der Waals surface area contributed by atoms with Crippen LogP contribution in [0.3, 0.4) is 0 Å². The van der Waals surface area contributed by atoms with Gasteiger partial charge in [-0.25, -0.2) is 0 Å². The van der Waals surface area contributed by atoms with Gasteiger partial charge in [-0.15, -0.1) is 0 Å². The number of rotatable bonds is 0. The van der Waals surface area contributed by atoms with Gasteiger partial charge < -0.3 is 14.2 Å². The number of fused-ring (bicyclic) bond motifs is 8. The van der Waals surface area contributed by atoms with Gasteiger partial charge in [0.05, 0.1) is 12.1 Å². The van der Waals surface area contributed by atoms with E-state index in [1.807, 2.05) is 0 Å². The lowest BCUT2D eigenvalue weighted by Gasteiger charge is -2.45. The van der Waals surface area contributed by atoms with Crippen LogP contribution in [0.25, 0.3) is 0 Å². The Bertz CT molecular complexity index is 960. The summed E-state index contributed by atoms with van der Waals surface area (Å²) in [5, 5.41) is 0. The summed E-state index contributed by atoms with van der Waals surface area (Å²) in [6.07, 6.45) is 17.7. The quantitative estimate of drug-likeness (QED) is 0.574. The van der Waals surface area contributed by atoms with Gasteiger partial charge in [-0.3, -0.25) is 9.59 Å². The number of hydrogen-bond donors (Lipinski definition) is 0. The second kappa shape index (κ2) is 7.39. The van der Waals surface area contributed by atoms with E-state index in [0.717, 1.165) is 76.0 Å². The van der Waals surface area contributed by atoms with Gasteiger partial charge >= 0.3 is 0 Å². The Balaban J connectivity index is 1.47. The van der Waals surface area contributed by atoms with E-state index >= 15 is 0 Å². The number of aryl methyl sites for hydroxylation is 1. The van der Waals surface area contributed by atoms with E-state index in [1.165, 1.54) is 5.56 Å². The SMILES string of the molecule is O=C1CCC/C=C\CCc2cc3c(o2)[C@H]2N4C(=O)CCC/C=C\[C@@H]4C[C@]24CN1CC[C@H]34. The molecule has 6 bridgehead atoms. The van der Waals surface area contributed by atoms with Crippen molar-refractivity contribution in [3.05, 3.63) is 47.5 Å². The van der Waals surface area contributed by atoms with Crippen LogP contribution in [0.15, 0.2) is 34.8 Å². The lowest BCUT2D eigenvalue weighted by atomic mass is 9.68. The molecule has 4 atom stereocenters. The number of piperidine rings is 1. The summed E-state index contributed by atoms with van der Waals surface area (Å²) >= 11 is 0. The van der Waals surface area contributed by atoms with Crippen LogP contribution >= 0.6 is 0 Å². The fourth-order valence-electron chi connectivity index (χ4n) is 7.05. The summed E-state index contributed by atoms with van der Waals surface area (Å²) in [5.41, 5.74) is 1.22.